The smallest absolute Gasteiger partial charge is 0.338 e. The molecule has 2 N–H and O–H groups in total. The van der Waals surface area contributed by atoms with Crippen molar-refractivity contribution >= 4 is 23.6 Å². The number of carbonyl (C=O) groups is 2. The Hall–Kier alpha value is -2.21. The Balaban J connectivity index is 2.49. The number of methoxy groups -OCH3 is 1. The molecule has 0 unspecified atom stereocenters. The van der Waals surface area contributed by atoms with Crippen molar-refractivity contribution in [3.8, 4) is 5.75 Å². The van der Waals surface area contributed by atoms with Gasteiger partial charge in [-0.15, -0.1) is 11.6 Å². The van der Waals surface area contributed by atoms with Crippen LogP contribution in [0.5, 0.6) is 5.75 Å². The molecule has 7 heteroatoms. The number of ether oxygens (including phenoxy) is 2. The lowest BCUT2D eigenvalue weighted by Crippen LogP contribution is -2.46. The number of hydrogen-bond acceptors (Lipinski definition) is 4. The summed E-state index contributed by atoms with van der Waals surface area (Å²) in [4.78, 5) is 24.0. The monoisotopic (exact) mass is 324 g/mol. The maximum absolute atomic E-state index is 12.3. The van der Waals surface area contributed by atoms with Gasteiger partial charge < -0.3 is 20.1 Å². The summed E-state index contributed by atoms with van der Waals surface area (Å²) in [6.07, 6.45) is 0. The Bertz CT molecular complexity index is 615. The molecule has 1 aromatic carbocycles. The highest BCUT2D eigenvalue weighted by molar-refractivity contribution is 6.20. The number of urea groups is 1. The van der Waals surface area contributed by atoms with Gasteiger partial charge in [-0.25, -0.2) is 9.59 Å². The molecule has 1 aromatic rings. The number of benzene rings is 1. The minimum atomic E-state index is -0.642. The quantitative estimate of drug-likeness (QED) is 0.642. The molecule has 0 bridgehead atoms. The zero-order chi connectivity index (χ0) is 16.1. The molecule has 22 heavy (non-hydrogen) atoms. The Labute approximate surface area is 133 Å². The molecule has 0 saturated carbocycles. The van der Waals surface area contributed by atoms with E-state index in [-0.39, 0.29) is 12.5 Å². The van der Waals surface area contributed by atoms with Crippen molar-refractivity contribution in [3.05, 3.63) is 41.1 Å². The lowest BCUT2D eigenvalue weighted by molar-refractivity contribution is -0.139. The molecule has 1 aliphatic heterocycles. The second-order valence-electron chi connectivity index (χ2n) is 4.55. The summed E-state index contributed by atoms with van der Waals surface area (Å²) >= 11 is 5.86. The molecule has 6 nitrogen and oxygen atoms in total. The fourth-order valence-corrected chi connectivity index (χ4v) is 2.46. The predicted octanol–water partition coefficient (Wildman–Crippen LogP) is 2.11. The lowest BCUT2D eigenvalue weighted by atomic mass is 9.95. The molecule has 2 amide bonds. The van der Waals surface area contributed by atoms with E-state index in [0.717, 1.165) is 0 Å². The number of hydrogen-bond donors (Lipinski definition) is 2. The van der Waals surface area contributed by atoms with Crippen molar-refractivity contribution in [2.24, 2.45) is 0 Å². The van der Waals surface area contributed by atoms with E-state index in [2.05, 4.69) is 10.6 Å². The van der Waals surface area contributed by atoms with Crippen LogP contribution >= 0.6 is 11.6 Å². The fourth-order valence-electron chi connectivity index (χ4n) is 2.24. The first-order valence-electron chi connectivity index (χ1n) is 6.78. The first-order chi connectivity index (χ1) is 10.6. The normalized spacial score (nSPS) is 17.6. The van der Waals surface area contributed by atoms with Crippen LogP contribution in [0.4, 0.5) is 4.79 Å². The Kier molecular flexibility index (Phi) is 5.27. The van der Waals surface area contributed by atoms with E-state index in [1.165, 1.54) is 0 Å². The number of halogens is 1. The molecule has 1 aliphatic rings. The highest BCUT2D eigenvalue weighted by atomic mass is 35.5. The van der Waals surface area contributed by atoms with Crippen molar-refractivity contribution in [2.75, 3.05) is 19.6 Å². The van der Waals surface area contributed by atoms with Gasteiger partial charge in [0.1, 0.15) is 5.75 Å². The van der Waals surface area contributed by atoms with Crippen LogP contribution in [-0.2, 0) is 9.53 Å². The van der Waals surface area contributed by atoms with Crippen LogP contribution in [0.15, 0.2) is 35.5 Å². The third-order valence-electron chi connectivity index (χ3n) is 3.21. The van der Waals surface area contributed by atoms with Gasteiger partial charge in [-0.2, -0.15) is 0 Å². The average Bonchev–Trinajstić information content (AvgIpc) is 2.54. The zero-order valence-electron chi connectivity index (χ0n) is 12.3. The van der Waals surface area contributed by atoms with E-state index in [1.807, 2.05) is 0 Å². The topological polar surface area (TPSA) is 76.7 Å². The molecule has 0 fully saturated rings. The number of rotatable bonds is 5. The van der Waals surface area contributed by atoms with Gasteiger partial charge in [-0.3, -0.25) is 0 Å². The molecule has 0 saturated heterocycles. The largest absolute Gasteiger partial charge is 0.497 e. The number of carbonyl (C=O) groups excluding carboxylic acids is 2. The highest BCUT2D eigenvalue weighted by Crippen LogP contribution is 2.30. The van der Waals surface area contributed by atoms with Crippen molar-refractivity contribution in [1.29, 1.82) is 0 Å². The molecule has 0 spiro atoms. The minimum Gasteiger partial charge on any atom is -0.497 e. The van der Waals surface area contributed by atoms with E-state index in [0.29, 0.717) is 22.6 Å². The standard InChI is InChI=1S/C15H17ClN2O4/c1-3-22-14(19)12-11(8-16)17-15(20)18-13(12)9-5-4-6-10(7-9)21-2/h4-7,13H,3,8H2,1-2H3,(H2,17,18,20)/t13-/m0/s1. The van der Waals surface area contributed by atoms with Crippen LogP contribution in [0.1, 0.15) is 18.5 Å². The van der Waals surface area contributed by atoms with Crippen LogP contribution < -0.4 is 15.4 Å². The average molecular weight is 325 g/mol. The van der Waals surface area contributed by atoms with Crippen LogP contribution in [0.3, 0.4) is 0 Å². The third-order valence-corrected chi connectivity index (χ3v) is 3.48. The van der Waals surface area contributed by atoms with Gasteiger partial charge in [0, 0.05) is 5.70 Å². The maximum atomic E-state index is 12.3. The van der Waals surface area contributed by atoms with Crippen molar-refractivity contribution in [2.45, 2.75) is 13.0 Å². The highest BCUT2D eigenvalue weighted by Gasteiger charge is 2.33. The van der Waals surface area contributed by atoms with Gasteiger partial charge >= 0.3 is 12.0 Å². The Morgan fingerprint density at radius 1 is 1.41 bits per heavy atom. The van der Waals surface area contributed by atoms with E-state index in [4.69, 9.17) is 21.1 Å². The van der Waals surface area contributed by atoms with Gasteiger partial charge in [0.05, 0.1) is 31.2 Å². The van der Waals surface area contributed by atoms with E-state index in [9.17, 15) is 9.59 Å². The minimum absolute atomic E-state index is 0.00202. The SMILES string of the molecule is CCOC(=O)C1=C(CCl)NC(=O)N[C@H]1c1cccc(OC)c1. The number of alkyl halides is 1. The number of amides is 2. The van der Waals surface area contributed by atoms with E-state index in [1.54, 1.807) is 38.3 Å². The summed E-state index contributed by atoms with van der Waals surface area (Å²) in [5.41, 5.74) is 1.35. The van der Waals surface area contributed by atoms with Gasteiger partial charge in [0.2, 0.25) is 0 Å². The predicted molar refractivity (Wildman–Crippen MR) is 81.8 cm³/mol. The molecule has 0 aliphatic carbocycles. The van der Waals surface area contributed by atoms with E-state index < -0.39 is 18.0 Å². The first-order valence-corrected chi connectivity index (χ1v) is 7.31. The van der Waals surface area contributed by atoms with Crippen LogP contribution in [-0.4, -0.2) is 31.6 Å². The van der Waals surface area contributed by atoms with Crippen molar-refractivity contribution in [1.82, 2.24) is 10.6 Å². The van der Waals surface area contributed by atoms with Crippen LogP contribution in [0.25, 0.3) is 0 Å². The maximum Gasteiger partial charge on any atom is 0.338 e. The summed E-state index contributed by atoms with van der Waals surface area (Å²) in [5.74, 6) is 0.113. The molecular formula is C15H17ClN2O4. The molecular weight excluding hydrogens is 308 g/mol. The van der Waals surface area contributed by atoms with Gasteiger partial charge in [-0.1, -0.05) is 12.1 Å². The molecule has 1 atom stereocenters. The number of allylic oxidation sites excluding steroid dienone is 1. The molecule has 0 radical (unpaired) electrons. The van der Waals surface area contributed by atoms with Crippen molar-refractivity contribution in [3.63, 3.8) is 0 Å². The zero-order valence-corrected chi connectivity index (χ0v) is 13.1. The molecule has 118 valence electrons. The molecule has 0 aromatic heterocycles. The lowest BCUT2D eigenvalue weighted by Gasteiger charge is -2.28. The van der Waals surface area contributed by atoms with Gasteiger partial charge in [0.15, 0.2) is 0 Å². The summed E-state index contributed by atoms with van der Waals surface area (Å²) in [7, 11) is 1.55. The van der Waals surface area contributed by atoms with Crippen LogP contribution in [0, 0.1) is 0 Å². The first kappa shape index (κ1) is 16.2. The second kappa shape index (κ2) is 7.17. The van der Waals surface area contributed by atoms with Gasteiger partial charge in [-0.05, 0) is 24.6 Å². The Morgan fingerprint density at radius 2 is 2.18 bits per heavy atom. The van der Waals surface area contributed by atoms with Crippen molar-refractivity contribution < 1.29 is 19.1 Å². The second-order valence-corrected chi connectivity index (χ2v) is 4.82. The molecule has 1 heterocycles. The Morgan fingerprint density at radius 3 is 2.82 bits per heavy atom. The summed E-state index contributed by atoms with van der Waals surface area (Å²) in [5, 5.41) is 5.26. The fraction of sp³-hybridized carbons (Fsp3) is 0.333. The summed E-state index contributed by atoms with van der Waals surface area (Å²) in [6, 6.07) is 6.05. The third kappa shape index (κ3) is 3.33. The van der Waals surface area contributed by atoms with Gasteiger partial charge in [0.25, 0.3) is 0 Å². The molecule has 2 rings (SSSR count). The number of esters is 1. The number of nitrogens with one attached hydrogen (secondary N) is 2. The summed E-state index contributed by atoms with van der Waals surface area (Å²) in [6.45, 7) is 1.95. The van der Waals surface area contributed by atoms with Crippen LogP contribution in [0.2, 0.25) is 0 Å². The van der Waals surface area contributed by atoms with E-state index >= 15 is 0 Å². The summed E-state index contributed by atoms with van der Waals surface area (Å²) < 4.78 is 10.3.